The van der Waals surface area contributed by atoms with Crippen LogP contribution in [0.3, 0.4) is 0 Å². The standard InChI is InChI=1S/C23H29ClN6O/c1-12-10-18(11-28(14(3)25)22(12)26)29-20(15-4-6-16(24)7-5-15)19-13(2)27-30(17-8-9-17)21(19)23(29)31/h4-7,10-11,13-14,17,20,22,27H,8-9,25-26H2,1-3H3. The van der Waals surface area contributed by atoms with E-state index < -0.39 is 0 Å². The molecule has 5 rings (SSSR count). The summed E-state index contributed by atoms with van der Waals surface area (Å²) in [5, 5.41) is 2.77. The van der Waals surface area contributed by atoms with E-state index in [1.807, 2.05) is 60.2 Å². The summed E-state index contributed by atoms with van der Waals surface area (Å²) in [5.74, 6) is 0.00842. The van der Waals surface area contributed by atoms with Crippen molar-refractivity contribution in [3.8, 4) is 0 Å². The van der Waals surface area contributed by atoms with E-state index in [9.17, 15) is 4.79 Å². The molecule has 0 bridgehead atoms. The fourth-order valence-corrected chi connectivity index (χ4v) is 4.96. The number of nitrogens with two attached hydrogens (primary N) is 2. The van der Waals surface area contributed by atoms with Gasteiger partial charge >= 0.3 is 0 Å². The molecule has 3 heterocycles. The third-order valence-corrected chi connectivity index (χ3v) is 6.83. The van der Waals surface area contributed by atoms with Gasteiger partial charge < -0.3 is 16.4 Å². The van der Waals surface area contributed by atoms with Crippen LogP contribution in [0.4, 0.5) is 0 Å². The van der Waals surface area contributed by atoms with Gasteiger partial charge in [0.05, 0.1) is 17.9 Å². The predicted molar refractivity (Wildman–Crippen MR) is 121 cm³/mol. The van der Waals surface area contributed by atoms with E-state index in [1.165, 1.54) is 0 Å². The van der Waals surface area contributed by atoms with E-state index in [1.54, 1.807) is 0 Å². The molecule has 0 radical (unpaired) electrons. The smallest absolute Gasteiger partial charge is 0.276 e. The third-order valence-electron chi connectivity index (χ3n) is 6.58. The number of halogens is 1. The highest BCUT2D eigenvalue weighted by atomic mass is 35.5. The normalized spacial score (nSPS) is 29.4. The summed E-state index contributed by atoms with van der Waals surface area (Å²) in [4.78, 5) is 17.7. The number of allylic oxidation sites excluding steroid dienone is 1. The summed E-state index contributed by atoms with van der Waals surface area (Å²) in [6, 6.07) is 8.00. The zero-order chi connectivity index (χ0) is 22.0. The fraction of sp³-hybridized carbons (Fsp3) is 0.435. The fourth-order valence-electron chi connectivity index (χ4n) is 4.84. The Balaban J connectivity index is 1.63. The summed E-state index contributed by atoms with van der Waals surface area (Å²) in [6.07, 6.45) is 5.55. The van der Waals surface area contributed by atoms with Crippen LogP contribution in [0.2, 0.25) is 5.02 Å². The zero-order valence-electron chi connectivity index (χ0n) is 18.0. The molecule has 4 unspecified atom stereocenters. The van der Waals surface area contributed by atoms with E-state index in [0.717, 1.165) is 40.9 Å². The Morgan fingerprint density at radius 2 is 1.90 bits per heavy atom. The molecule has 1 saturated carbocycles. The number of nitrogens with zero attached hydrogens (tertiary/aromatic N) is 3. The Bertz CT molecular complexity index is 1010. The number of nitrogens with one attached hydrogen (secondary N) is 1. The molecule has 4 aliphatic rings. The number of hydrogen-bond donors (Lipinski definition) is 3. The van der Waals surface area contributed by atoms with Crippen LogP contribution in [0.5, 0.6) is 0 Å². The van der Waals surface area contributed by atoms with E-state index >= 15 is 0 Å². The largest absolute Gasteiger partial charge is 0.342 e. The Labute approximate surface area is 187 Å². The van der Waals surface area contributed by atoms with Crippen LogP contribution in [0, 0.1) is 0 Å². The van der Waals surface area contributed by atoms with Crippen LogP contribution in [-0.4, -0.2) is 45.1 Å². The maximum Gasteiger partial charge on any atom is 0.276 e. The van der Waals surface area contributed by atoms with Crippen LogP contribution < -0.4 is 16.9 Å². The maximum absolute atomic E-state index is 13.9. The lowest BCUT2D eigenvalue weighted by Gasteiger charge is -2.39. The van der Waals surface area contributed by atoms with Gasteiger partial charge in [-0.3, -0.25) is 14.7 Å². The first-order valence-corrected chi connectivity index (χ1v) is 11.2. The van der Waals surface area contributed by atoms with Gasteiger partial charge in [-0.2, -0.15) is 0 Å². The van der Waals surface area contributed by atoms with E-state index in [2.05, 4.69) is 17.4 Å². The number of carbonyl (C=O) groups excluding carboxylic acids is 1. The van der Waals surface area contributed by atoms with E-state index in [4.69, 9.17) is 23.1 Å². The van der Waals surface area contributed by atoms with Gasteiger partial charge in [0.1, 0.15) is 11.9 Å². The molecule has 7 nitrogen and oxygen atoms in total. The van der Waals surface area contributed by atoms with Crippen molar-refractivity contribution in [1.82, 2.24) is 20.2 Å². The zero-order valence-corrected chi connectivity index (χ0v) is 18.8. The van der Waals surface area contributed by atoms with Crippen LogP contribution in [0.25, 0.3) is 0 Å². The molecule has 164 valence electrons. The van der Waals surface area contributed by atoms with Gasteiger partial charge in [-0.1, -0.05) is 23.7 Å². The lowest BCUT2D eigenvalue weighted by Crippen LogP contribution is -2.51. The number of amides is 1. The molecular formula is C23H29ClN6O. The monoisotopic (exact) mass is 440 g/mol. The number of carbonyl (C=O) groups is 1. The number of rotatable bonds is 4. The minimum atomic E-state index is -0.307. The van der Waals surface area contributed by atoms with Gasteiger partial charge in [0.25, 0.3) is 5.91 Å². The molecule has 1 aromatic rings. The first-order valence-electron chi connectivity index (χ1n) is 10.8. The molecule has 1 aromatic carbocycles. The molecule has 1 aliphatic carbocycles. The van der Waals surface area contributed by atoms with Gasteiger partial charge in [-0.15, -0.1) is 0 Å². The Hall–Kier alpha value is -2.32. The summed E-state index contributed by atoms with van der Waals surface area (Å²) in [6.45, 7) is 6.00. The molecule has 1 fully saturated rings. The maximum atomic E-state index is 13.9. The Morgan fingerprint density at radius 3 is 2.52 bits per heavy atom. The van der Waals surface area contributed by atoms with Gasteiger partial charge in [0.15, 0.2) is 0 Å². The first kappa shape index (κ1) is 20.6. The minimum absolute atomic E-state index is 0.00842. The lowest BCUT2D eigenvalue weighted by atomic mass is 9.94. The van der Waals surface area contributed by atoms with Crippen LogP contribution >= 0.6 is 11.6 Å². The van der Waals surface area contributed by atoms with Crippen molar-refractivity contribution >= 4 is 17.5 Å². The second kappa shape index (κ2) is 7.38. The number of hydrazine groups is 1. The summed E-state index contributed by atoms with van der Waals surface area (Å²) >= 11 is 6.17. The van der Waals surface area contributed by atoms with Crippen molar-refractivity contribution in [3.63, 3.8) is 0 Å². The quantitative estimate of drug-likeness (QED) is 0.666. The Morgan fingerprint density at radius 1 is 1.23 bits per heavy atom. The summed E-state index contributed by atoms with van der Waals surface area (Å²) in [5.41, 5.74) is 20.8. The Kier molecular flexibility index (Phi) is 4.90. The molecule has 0 saturated heterocycles. The van der Waals surface area contributed by atoms with Crippen molar-refractivity contribution in [2.75, 3.05) is 0 Å². The summed E-state index contributed by atoms with van der Waals surface area (Å²) in [7, 11) is 0. The van der Waals surface area contributed by atoms with Gasteiger partial charge in [-0.05, 0) is 63.0 Å². The number of benzene rings is 1. The topological polar surface area (TPSA) is 90.9 Å². The molecule has 4 atom stereocenters. The highest BCUT2D eigenvalue weighted by Gasteiger charge is 2.52. The van der Waals surface area contributed by atoms with Crippen LogP contribution in [-0.2, 0) is 4.79 Å². The molecule has 31 heavy (non-hydrogen) atoms. The highest BCUT2D eigenvalue weighted by molar-refractivity contribution is 6.30. The van der Waals surface area contributed by atoms with Gasteiger partial charge in [0.2, 0.25) is 0 Å². The average Bonchev–Trinajstić information content (AvgIpc) is 3.45. The van der Waals surface area contributed by atoms with Crippen molar-refractivity contribution in [2.24, 2.45) is 11.5 Å². The second-order valence-electron chi connectivity index (χ2n) is 8.96. The molecule has 8 heteroatoms. The van der Waals surface area contributed by atoms with Crippen molar-refractivity contribution in [3.05, 3.63) is 69.7 Å². The molecule has 1 amide bonds. The minimum Gasteiger partial charge on any atom is -0.342 e. The van der Waals surface area contributed by atoms with Crippen LogP contribution in [0.15, 0.2) is 59.1 Å². The molecular weight excluding hydrogens is 412 g/mol. The van der Waals surface area contributed by atoms with Crippen molar-refractivity contribution in [2.45, 2.75) is 64.1 Å². The lowest BCUT2D eigenvalue weighted by molar-refractivity contribution is -0.127. The third kappa shape index (κ3) is 3.27. The SMILES string of the molecule is CC1=CC(N2C(=O)C3=C(C(C)NN3C3CC3)C2c2ccc(Cl)cc2)=CN(C(C)N)C1N. The molecule has 0 aromatic heterocycles. The molecule has 5 N–H and O–H groups in total. The van der Waals surface area contributed by atoms with Crippen LogP contribution in [0.1, 0.15) is 45.2 Å². The predicted octanol–water partition coefficient (Wildman–Crippen LogP) is 2.54. The summed E-state index contributed by atoms with van der Waals surface area (Å²) < 4.78 is 0. The second-order valence-corrected chi connectivity index (χ2v) is 9.40. The van der Waals surface area contributed by atoms with Gasteiger partial charge in [-0.25, -0.2) is 5.43 Å². The molecule has 3 aliphatic heterocycles. The molecule has 0 spiro atoms. The number of hydrogen-bond acceptors (Lipinski definition) is 6. The first-order chi connectivity index (χ1) is 14.8. The van der Waals surface area contributed by atoms with Gasteiger partial charge in [0, 0.05) is 28.9 Å². The highest BCUT2D eigenvalue weighted by Crippen LogP contribution is 2.48. The van der Waals surface area contributed by atoms with Crippen molar-refractivity contribution in [1.29, 1.82) is 0 Å². The van der Waals surface area contributed by atoms with E-state index in [0.29, 0.717) is 11.1 Å². The average molecular weight is 441 g/mol. The van der Waals surface area contributed by atoms with E-state index in [-0.39, 0.29) is 30.3 Å². The van der Waals surface area contributed by atoms with Crippen molar-refractivity contribution < 1.29 is 4.79 Å².